The van der Waals surface area contributed by atoms with Gasteiger partial charge in [-0.25, -0.2) is 4.39 Å². The van der Waals surface area contributed by atoms with Crippen molar-refractivity contribution in [3.05, 3.63) is 29.8 Å². The molecule has 0 saturated carbocycles. The number of nitrogens with one attached hydrogen (secondary N) is 2. The van der Waals surface area contributed by atoms with E-state index in [1.165, 1.54) is 0 Å². The van der Waals surface area contributed by atoms with E-state index < -0.39 is 6.67 Å². The van der Waals surface area contributed by atoms with Crippen molar-refractivity contribution in [1.29, 1.82) is 0 Å². The van der Waals surface area contributed by atoms with Gasteiger partial charge in [0.05, 0.1) is 0 Å². The van der Waals surface area contributed by atoms with Crippen LogP contribution in [0.4, 0.5) is 10.1 Å². The predicted octanol–water partition coefficient (Wildman–Crippen LogP) is 2.25. The minimum Gasteiger partial charge on any atom is -0.382 e. The molecule has 0 aromatic heterocycles. The van der Waals surface area contributed by atoms with Crippen LogP contribution in [-0.4, -0.2) is 32.1 Å². The van der Waals surface area contributed by atoms with Gasteiger partial charge in [-0.15, -0.1) is 0 Å². The van der Waals surface area contributed by atoms with Crippen molar-refractivity contribution < 1.29 is 9.18 Å². The van der Waals surface area contributed by atoms with Crippen LogP contribution in [0.5, 0.6) is 0 Å². The Morgan fingerprint density at radius 3 is 2.56 bits per heavy atom. The Labute approximate surface area is 107 Å². The quantitative estimate of drug-likeness (QED) is 0.788. The molecule has 1 aromatic rings. The maximum absolute atomic E-state index is 12.2. The van der Waals surface area contributed by atoms with Gasteiger partial charge in [-0.05, 0) is 50.2 Å². The van der Waals surface area contributed by atoms with Gasteiger partial charge in [-0.1, -0.05) is 0 Å². The summed E-state index contributed by atoms with van der Waals surface area (Å²) in [5.41, 5.74) is 1.61. The SMILES string of the molecule is O=C(c1ccc(NCCF)cc1)C1CCNCC1. The number of hydrogen-bond acceptors (Lipinski definition) is 3. The largest absolute Gasteiger partial charge is 0.382 e. The summed E-state index contributed by atoms with van der Waals surface area (Å²) >= 11 is 0. The van der Waals surface area contributed by atoms with Crippen LogP contribution >= 0.6 is 0 Å². The van der Waals surface area contributed by atoms with E-state index in [1.807, 2.05) is 24.3 Å². The van der Waals surface area contributed by atoms with Gasteiger partial charge in [0.2, 0.25) is 0 Å². The molecule has 1 aliphatic heterocycles. The maximum Gasteiger partial charge on any atom is 0.166 e. The third-order valence-electron chi connectivity index (χ3n) is 3.30. The van der Waals surface area contributed by atoms with Crippen LogP contribution < -0.4 is 10.6 Å². The zero-order valence-electron chi connectivity index (χ0n) is 10.4. The summed E-state index contributed by atoms with van der Waals surface area (Å²) in [5, 5.41) is 6.20. The fourth-order valence-electron chi connectivity index (χ4n) is 2.26. The third-order valence-corrected chi connectivity index (χ3v) is 3.30. The number of benzene rings is 1. The third kappa shape index (κ3) is 3.29. The fraction of sp³-hybridized carbons (Fsp3) is 0.500. The van der Waals surface area contributed by atoms with E-state index in [4.69, 9.17) is 0 Å². The zero-order valence-corrected chi connectivity index (χ0v) is 10.4. The molecule has 0 bridgehead atoms. The average Bonchev–Trinajstić information content (AvgIpc) is 2.46. The first kappa shape index (κ1) is 13.0. The Bertz CT molecular complexity index is 385. The number of hydrogen-bond donors (Lipinski definition) is 2. The van der Waals surface area contributed by atoms with E-state index in [0.29, 0.717) is 6.54 Å². The van der Waals surface area contributed by atoms with Gasteiger partial charge in [0.15, 0.2) is 5.78 Å². The smallest absolute Gasteiger partial charge is 0.166 e. The van der Waals surface area contributed by atoms with Gasteiger partial charge in [-0.3, -0.25) is 4.79 Å². The lowest BCUT2D eigenvalue weighted by molar-refractivity contribution is 0.0895. The Hall–Kier alpha value is -1.42. The second-order valence-electron chi connectivity index (χ2n) is 4.58. The number of ketones is 1. The molecule has 18 heavy (non-hydrogen) atoms. The summed E-state index contributed by atoms with van der Waals surface area (Å²) in [7, 11) is 0. The molecule has 98 valence electrons. The van der Waals surface area contributed by atoms with Gasteiger partial charge in [0.25, 0.3) is 0 Å². The number of carbonyl (C=O) groups excluding carboxylic acids is 1. The van der Waals surface area contributed by atoms with Gasteiger partial charge >= 0.3 is 0 Å². The van der Waals surface area contributed by atoms with Crippen LogP contribution in [0.1, 0.15) is 23.2 Å². The Morgan fingerprint density at radius 2 is 1.94 bits per heavy atom. The molecule has 2 rings (SSSR count). The standard InChI is InChI=1S/C14H19FN2O/c15-7-10-17-13-3-1-11(2-4-13)14(18)12-5-8-16-9-6-12/h1-4,12,16-17H,5-10H2. The fourth-order valence-corrected chi connectivity index (χ4v) is 2.26. The molecule has 1 heterocycles. The van der Waals surface area contributed by atoms with Gasteiger partial charge in [-0.2, -0.15) is 0 Å². The number of halogens is 1. The van der Waals surface area contributed by atoms with Crippen molar-refractivity contribution >= 4 is 11.5 Å². The Kier molecular flexibility index (Phi) is 4.70. The van der Waals surface area contributed by atoms with Crippen LogP contribution in [-0.2, 0) is 0 Å². The van der Waals surface area contributed by atoms with E-state index in [1.54, 1.807) is 0 Å². The molecule has 1 fully saturated rings. The first-order valence-electron chi connectivity index (χ1n) is 6.46. The lowest BCUT2D eigenvalue weighted by atomic mass is 9.89. The molecule has 2 N–H and O–H groups in total. The minimum absolute atomic E-state index is 0.149. The molecule has 0 unspecified atom stereocenters. The molecule has 0 aliphatic carbocycles. The van der Waals surface area contributed by atoms with Crippen LogP contribution in [0.3, 0.4) is 0 Å². The van der Waals surface area contributed by atoms with Crippen LogP contribution in [0.15, 0.2) is 24.3 Å². The van der Waals surface area contributed by atoms with Gasteiger partial charge in [0.1, 0.15) is 6.67 Å². The van der Waals surface area contributed by atoms with E-state index in [2.05, 4.69) is 10.6 Å². The highest BCUT2D eigenvalue weighted by molar-refractivity contribution is 5.98. The number of piperidine rings is 1. The van der Waals surface area contributed by atoms with Crippen molar-refractivity contribution in [2.24, 2.45) is 5.92 Å². The molecule has 0 atom stereocenters. The van der Waals surface area contributed by atoms with Crippen molar-refractivity contribution in [1.82, 2.24) is 5.32 Å². The van der Waals surface area contributed by atoms with Crippen molar-refractivity contribution in [3.63, 3.8) is 0 Å². The number of carbonyl (C=O) groups is 1. The number of alkyl halides is 1. The Morgan fingerprint density at radius 1 is 1.28 bits per heavy atom. The minimum atomic E-state index is -0.393. The molecule has 3 nitrogen and oxygen atoms in total. The Balaban J connectivity index is 1.97. The summed E-state index contributed by atoms with van der Waals surface area (Å²) in [6, 6.07) is 7.32. The first-order valence-corrected chi connectivity index (χ1v) is 6.46. The van der Waals surface area contributed by atoms with Crippen LogP contribution in [0.2, 0.25) is 0 Å². The lowest BCUT2D eigenvalue weighted by Crippen LogP contribution is -2.31. The normalized spacial score (nSPS) is 16.5. The highest BCUT2D eigenvalue weighted by Gasteiger charge is 2.21. The average molecular weight is 250 g/mol. The van der Waals surface area contributed by atoms with Gasteiger partial charge in [0, 0.05) is 23.7 Å². The summed E-state index contributed by atoms with van der Waals surface area (Å²) in [6.07, 6.45) is 1.83. The van der Waals surface area contributed by atoms with E-state index in [9.17, 15) is 9.18 Å². The molecule has 4 heteroatoms. The van der Waals surface area contributed by atoms with Gasteiger partial charge < -0.3 is 10.6 Å². The molecule has 0 spiro atoms. The summed E-state index contributed by atoms with van der Waals surface area (Å²) < 4.78 is 12.0. The number of anilines is 1. The van der Waals surface area contributed by atoms with Crippen molar-refractivity contribution in [2.75, 3.05) is 31.6 Å². The topological polar surface area (TPSA) is 41.1 Å². The zero-order chi connectivity index (χ0) is 12.8. The number of rotatable bonds is 5. The molecule has 1 saturated heterocycles. The van der Waals surface area contributed by atoms with Crippen LogP contribution in [0.25, 0.3) is 0 Å². The summed E-state index contributed by atoms with van der Waals surface area (Å²) in [6.45, 7) is 1.76. The molecule has 1 aliphatic rings. The highest BCUT2D eigenvalue weighted by atomic mass is 19.1. The monoisotopic (exact) mass is 250 g/mol. The second kappa shape index (κ2) is 6.50. The maximum atomic E-state index is 12.2. The summed E-state index contributed by atoms with van der Waals surface area (Å²) in [4.78, 5) is 12.2. The lowest BCUT2D eigenvalue weighted by Gasteiger charge is -2.21. The second-order valence-corrected chi connectivity index (χ2v) is 4.58. The van der Waals surface area contributed by atoms with E-state index >= 15 is 0 Å². The summed E-state index contributed by atoms with van der Waals surface area (Å²) in [5.74, 6) is 0.379. The van der Waals surface area contributed by atoms with Crippen LogP contribution in [0, 0.1) is 5.92 Å². The molecular formula is C14H19FN2O. The highest BCUT2D eigenvalue weighted by Crippen LogP contribution is 2.19. The van der Waals surface area contributed by atoms with Crippen molar-refractivity contribution in [3.8, 4) is 0 Å². The molecule has 0 amide bonds. The van der Waals surface area contributed by atoms with E-state index in [0.717, 1.165) is 37.2 Å². The number of Topliss-reactive ketones (excluding diaryl/α,β-unsaturated/α-hetero) is 1. The molecular weight excluding hydrogens is 231 g/mol. The van der Waals surface area contributed by atoms with E-state index in [-0.39, 0.29) is 11.7 Å². The molecule has 0 radical (unpaired) electrons. The molecule has 1 aromatic carbocycles. The van der Waals surface area contributed by atoms with Crippen molar-refractivity contribution in [2.45, 2.75) is 12.8 Å². The predicted molar refractivity (Wildman–Crippen MR) is 70.8 cm³/mol. The first-order chi connectivity index (χ1) is 8.81.